The number of hydrogen-bond acceptors (Lipinski definition) is 4. The van der Waals surface area contributed by atoms with Gasteiger partial charge < -0.3 is 19.7 Å². The van der Waals surface area contributed by atoms with Crippen molar-refractivity contribution in [1.82, 2.24) is 14.5 Å². The molecule has 1 saturated heterocycles. The fourth-order valence-electron chi connectivity index (χ4n) is 4.04. The Balaban J connectivity index is 1.43. The fraction of sp³-hybridized carbons (Fsp3) is 0.364. The minimum Gasteiger partial charge on any atom is -0.395 e. The zero-order chi connectivity index (χ0) is 19.5. The second kappa shape index (κ2) is 8.12. The first kappa shape index (κ1) is 18.7. The smallest absolute Gasteiger partial charge is 0.253 e. The first-order valence-corrected chi connectivity index (χ1v) is 9.71. The molecule has 1 aromatic heterocycles. The van der Waals surface area contributed by atoms with E-state index in [0.29, 0.717) is 18.0 Å². The Morgan fingerprint density at radius 1 is 1.14 bits per heavy atom. The number of carbonyl (C=O) groups excluding carboxylic acids is 1. The van der Waals surface area contributed by atoms with Crippen LogP contribution in [0.25, 0.3) is 11.0 Å². The third kappa shape index (κ3) is 3.79. The molecule has 0 radical (unpaired) electrons. The number of aromatic nitrogens is 2. The number of likely N-dealkylation sites (tertiary alicyclic amines) is 1. The summed E-state index contributed by atoms with van der Waals surface area (Å²) in [6.07, 6.45) is 3.60. The number of aliphatic hydroxyl groups excluding tert-OH is 2. The molecule has 2 aromatic carbocycles. The molecule has 1 aliphatic rings. The lowest BCUT2D eigenvalue weighted by atomic mass is 9.97. The molecule has 4 rings (SSSR count). The number of rotatable bonds is 6. The zero-order valence-corrected chi connectivity index (χ0v) is 15.8. The molecule has 1 atom stereocenters. The molecule has 2 heterocycles. The minimum atomic E-state index is 0.0465. The second-order valence-corrected chi connectivity index (χ2v) is 7.45. The number of carbonyl (C=O) groups is 1. The highest BCUT2D eigenvalue weighted by molar-refractivity contribution is 5.97. The molecular weight excluding hydrogens is 354 g/mol. The predicted octanol–water partition coefficient (Wildman–Crippen LogP) is 2.23. The third-order valence-electron chi connectivity index (χ3n) is 5.48. The molecule has 2 N–H and O–H groups in total. The van der Waals surface area contributed by atoms with Gasteiger partial charge in [-0.15, -0.1) is 0 Å². The van der Waals surface area contributed by atoms with Crippen molar-refractivity contribution in [2.75, 3.05) is 19.7 Å². The Morgan fingerprint density at radius 3 is 2.82 bits per heavy atom. The van der Waals surface area contributed by atoms with Crippen LogP contribution in [-0.4, -0.2) is 50.3 Å². The van der Waals surface area contributed by atoms with Gasteiger partial charge in [-0.25, -0.2) is 4.98 Å². The third-order valence-corrected chi connectivity index (χ3v) is 5.48. The first-order valence-electron chi connectivity index (χ1n) is 9.71. The number of hydrogen-bond donors (Lipinski definition) is 2. The van der Waals surface area contributed by atoms with Gasteiger partial charge in [-0.2, -0.15) is 0 Å². The fourth-order valence-corrected chi connectivity index (χ4v) is 4.04. The van der Waals surface area contributed by atoms with Gasteiger partial charge in [0, 0.05) is 25.2 Å². The molecule has 146 valence electrons. The van der Waals surface area contributed by atoms with Gasteiger partial charge in [-0.1, -0.05) is 24.3 Å². The second-order valence-electron chi connectivity index (χ2n) is 7.45. The van der Waals surface area contributed by atoms with Crippen molar-refractivity contribution in [3.63, 3.8) is 0 Å². The standard InChI is InChI=1S/C22H25N3O3/c26-9-8-25-15-23-20-12-19(4-5-21(20)25)22(28)24-7-6-17(13-24)10-16-2-1-3-18(11-16)14-27/h1-5,11-12,15,17,26-27H,6-10,13-14H2/t17-/m1/s1. The number of nitrogens with zero attached hydrogens (tertiary/aromatic N) is 3. The summed E-state index contributed by atoms with van der Waals surface area (Å²) in [5, 5.41) is 18.4. The molecule has 0 spiro atoms. The van der Waals surface area contributed by atoms with Crippen molar-refractivity contribution in [3.8, 4) is 0 Å². The monoisotopic (exact) mass is 379 g/mol. The van der Waals surface area contributed by atoms with Crippen LogP contribution in [0.4, 0.5) is 0 Å². The van der Waals surface area contributed by atoms with E-state index in [2.05, 4.69) is 11.1 Å². The Bertz CT molecular complexity index is 982. The summed E-state index contributed by atoms with van der Waals surface area (Å²) in [5.74, 6) is 0.482. The van der Waals surface area contributed by atoms with E-state index in [1.54, 1.807) is 6.33 Å². The highest BCUT2D eigenvalue weighted by Crippen LogP contribution is 2.24. The van der Waals surface area contributed by atoms with E-state index in [1.165, 1.54) is 5.56 Å². The molecule has 1 fully saturated rings. The summed E-state index contributed by atoms with van der Waals surface area (Å²) in [5.41, 5.74) is 4.49. The average Bonchev–Trinajstić information content (AvgIpc) is 3.35. The van der Waals surface area contributed by atoms with Crippen LogP contribution in [-0.2, 0) is 19.6 Å². The maximum atomic E-state index is 12.9. The largest absolute Gasteiger partial charge is 0.395 e. The van der Waals surface area contributed by atoms with E-state index in [9.17, 15) is 9.90 Å². The van der Waals surface area contributed by atoms with Gasteiger partial charge in [-0.3, -0.25) is 4.79 Å². The van der Waals surface area contributed by atoms with Crippen molar-refractivity contribution in [1.29, 1.82) is 0 Å². The van der Waals surface area contributed by atoms with Gasteiger partial charge in [0.1, 0.15) is 0 Å². The summed E-state index contributed by atoms with van der Waals surface area (Å²) in [6, 6.07) is 13.6. The lowest BCUT2D eigenvalue weighted by Crippen LogP contribution is -2.28. The molecule has 3 aromatic rings. The lowest BCUT2D eigenvalue weighted by molar-refractivity contribution is 0.0787. The molecule has 6 heteroatoms. The highest BCUT2D eigenvalue weighted by atomic mass is 16.3. The molecule has 28 heavy (non-hydrogen) atoms. The summed E-state index contributed by atoms with van der Waals surface area (Å²) in [6.45, 7) is 2.12. The molecule has 0 bridgehead atoms. The van der Waals surface area contributed by atoms with E-state index < -0.39 is 0 Å². The molecule has 0 saturated carbocycles. The zero-order valence-electron chi connectivity index (χ0n) is 15.8. The quantitative estimate of drug-likeness (QED) is 0.688. The molecule has 1 amide bonds. The van der Waals surface area contributed by atoms with Gasteiger partial charge in [-0.05, 0) is 48.1 Å². The van der Waals surface area contributed by atoms with Crippen molar-refractivity contribution >= 4 is 16.9 Å². The molecule has 6 nitrogen and oxygen atoms in total. The summed E-state index contributed by atoms with van der Waals surface area (Å²) >= 11 is 0. The van der Waals surface area contributed by atoms with E-state index in [-0.39, 0.29) is 19.1 Å². The van der Waals surface area contributed by atoms with Crippen molar-refractivity contribution in [2.45, 2.75) is 26.0 Å². The topological polar surface area (TPSA) is 78.6 Å². The van der Waals surface area contributed by atoms with E-state index in [0.717, 1.165) is 42.5 Å². The number of imidazole rings is 1. The van der Waals surface area contributed by atoms with E-state index in [4.69, 9.17) is 5.11 Å². The Hall–Kier alpha value is -2.70. The van der Waals surface area contributed by atoms with Crippen LogP contribution < -0.4 is 0 Å². The lowest BCUT2D eigenvalue weighted by Gasteiger charge is -2.17. The van der Waals surface area contributed by atoms with Crippen LogP contribution in [0.3, 0.4) is 0 Å². The normalized spacial score (nSPS) is 16.8. The van der Waals surface area contributed by atoms with Gasteiger partial charge >= 0.3 is 0 Å². The summed E-state index contributed by atoms with van der Waals surface area (Å²) in [4.78, 5) is 19.2. The van der Waals surface area contributed by atoms with Crippen LogP contribution in [0.5, 0.6) is 0 Å². The first-order chi connectivity index (χ1) is 13.7. The molecule has 0 aliphatic carbocycles. The average molecular weight is 379 g/mol. The molecule has 1 aliphatic heterocycles. The van der Waals surface area contributed by atoms with Gasteiger partial charge in [0.05, 0.1) is 30.6 Å². The highest BCUT2D eigenvalue weighted by Gasteiger charge is 2.27. The van der Waals surface area contributed by atoms with Crippen molar-refractivity contribution < 1.29 is 15.0 Å². The van der Waals surface area contributed by atoms with Crippen molar-refractivity contribution in [2.24, 2.45) is 5.92 Å². The summed E-state index contributed by atoms with van der Waals surface area (Å²) in [7, 11) is 0. The number of amides is 1. The van der Waals surface area contributed by atoms with Crippen LogP contribution in [0.1, 0.15) is 27.9 Å². The van der Waals surface area contributed by atoms with Crippen LogP contribution in [0.2, 0.25) is 0 Å². The summed E-state index contributed by atoms with van der Waals surface area (Å²) < 4.78 is 1.88. The number of benzene rings is 2. The minimum absolute atomic E-state index is 0.0465. The maximum Gasteiger partial charge on any atom is 0.253 e. The Kier molecular flexibility index (Phi) is 5.41. The van der Waals surface area contributed by atoms with Gasteiger partial charge in [0.15, 0.2) is 0 Å². The van der Waals surface area contributed by atoms with Crippen LogP contribution in [0.15, 0.2) is 48.8 Å². The molecule has 0 unspecified atom stereocenters. The van der Waals surface area contributed by atoms with Crippen LogP contribution >= 0.6 is 0 Å². The molecular formula is C22H25N3O3. The van der Waals surface area contributed by atoms with Gasteiger partial charge in [0.25, 0.3) is 5.91 Å². The van der Waals surface area contributed by atoms with E-state index in [1.807, 2.05) is 45.9 Å². The maximum absolute atomic E-state index is 12.9. The van der Waals surface area contributed by atoms with Crippen molar-refractivity contribution in [3.05, 3.63) is 65.5 Å². The Morgan fingerprint density at radius 2 is 2.00 bits per heavy atom. The van der Waals surface area contributed by atoms with E-state index >= 15 is 0 Å². The number of fused-ring (bicyclic) bond motifs is 1. The number of aliphatic hydroxyl groups is 2. The van der Waals surface area contributed by atoms with Crippen LogP contribution in [0, 0.1) is 5.92 Å². The predicted molar refractivity (Wildman–Crippen MR) is 107 cm³/mol. The Labute approximate surface area is 164 Å². The SMILES string of the molecule is O=C(c1ccc2c(c1)ncn2CCO)N1CC[C@H](Cc2cccc(CO)c2)C1. The van der Waals surface area contributed by atoms with Gasteiger partial charge in [0.2, 0.25) is 0 Å².